The van der Waals surface area contributed by atoms with E-state index in [1.807, 2.05) is 11.8 Å². The zero-order valence-electron chi connectivity index (χ0n) is 10.9. The van der Waals surface area contributed by atoms with Crippen LogP contribution >= 0.6 is 0 Å². The van der Waals surface area contributed by atoms with Gasteiger partial charge in [-0.2, -0.15) is 0 Å². The van der Waals surface area contributed by atoms with Gasteiger partial charge in [-0.1, -0.05) is 6.92 Å². The number of rotatable bonds is 3. The van der Waals surface area contributed by atoms with Gasteiger partial charge in [0.15, 0.2) is 0 Å². The lowest BCUT2D eigenvalue weighted by molar-refractivity contribution is 0.0261. The van der Waals surface area contributed by atoms with Crippen LogP contribution in [0, 0.1) is 0 Å². The molecule has 0 aromatic carbocycles. The maximum atomic E-state index is 11.8. The van der Waals surface area contributed by atoms with E-state index in [4.69, 9.17) is 4.74 Å². The van der Waals surface area contributed by atoms with Crippen LogP contribution in [0.5, 0.6) is 0 Å². The Balaban J connectivity index is 2.58. The van der Waals surface area contributed by atoms with E-state index in [9.17, 15) is 4.79 Å². The second-order valence-corrected chi connectivity index (χ2v) is 4.56. The molecule has 1 aliphatic heterocycles. The van der Waals surface area contributed by atoms with Crippen LogP contribution in [0.4, 0.5) is 4.79 Å². The van der Waals surface area contributed by atoms with Crippen LogP contribution in [0.3, 0.4) is 0 Å². The summed E-state index contributed by atoms with van der Waals surface area (Å²) in [5.74, 6) is 0. The normalized spacial score (nSPS) is 26.9. The Bertz CT molecular complexity index is 221. The largest absolute Gasteiger partial charge is 0.450 e. The highest BCUT2D eigenvalue weighted by molar-refractivity contribution is 5.68. The van der Waals surface area contributed by atoms with Crippen LogP contribution in [0.1, 0.15) is 34.1 Å². The Morgan fingerprint density at radius 2 is 1.81 bits per heavy atom. The first-order chi connectivity index (χ1) is 7.60. The van der Waals surface area contributed by atoms with Gasteiger partial charge in [0, 0.05) is 25.2 Å². The van der Waals surface area contributed by atoms with Crippen molar-refractivity contribution in [1.29, 1.82) is 0 Å². The second-order valence-electron chi connectivity index (χ2n) is 4.56. The number of ether oxygens (including phenoxy) is 1. The fraction of sp³-hybridized carbons (Fsp3) is 0.917. The first-order valence-corrected chi connectivity index (χ1v) is 6.27. The fourth-order valence-electron chi connectivity index (χ4n) is 2.49. The molecule has 4 heteroatoms. The Labute approximate surface area is 98.5 Å². The zero-order valence-corrected chi connectivity index (χ0v) is 10.9. The Kier molecular flexibility index (Phi) is 5.06. The maximum Gasteiger partial charge on any atom is 0.410 e. The van der Waals surface area contributed by atoms with Gasteiger partial charge in [0.2, 0.25) is 0 Å². The lowest BCUT2D eigenvalue weighted by atomic mass is 10.1. The molecule has 1 amide bonds. The van der Waals surface area contributed by atoms with Crippen molar-refractivity contribution in [3.8, 4) is 0 Å². The molecule has 0 saturated carbocycles. The highest BCUT2D eigenvalue weighted by Crippen LogP contribution is 2.17. The molecule has 1 aliphatic rings. The lowest BCUT2D eigenvalue weighted by Crippen LogP contribution is -2.58. The average Bonchev–Trinajstić information content (AvgIpc) is 2.17. The van der Waals surface area contributed by atoms with Crippen molar-refractivity contribution in [2.75, 3.05) is 26.2 Å². The molecule has 1 saturated heterocycles. The van der Waals surface area contributed by atoms with E-state index >= 15 is 0 Å². The quantitative estimate of drug-likeness (QED) is 0.740. The third-order valence-corrected chi connectivity index (χ3v) is 3.01. The molecule has 16 heavy (non-hydrogen) atoms. The van der Waals surface area contributed by atoms with Gasteiger partial charge in [-0.05, 0) is 33.7 Å². The third kappa shape index (κ3) is 3.11. The smallest absolute Gasteiger partial charge is 0.410 e. The van der Waals surface area contributed by atoms with Crippen LogP contribution in [0.25, 0.3) is 0 Å². The molecule has 1 rings (SSSR count). The molecule has 0 aromatic heterocycles. The summed E-state index contributed by atoms with van der Waals surface area (Å²) in [6, 6.07) is 0.490. The molecule has 0 unspecified atom stereocenters. The minimum absolute atomic E-state index is 0.168. The van der Waals surface area contributed by atoms with Gasteiger partial charge < -0.3 is 9.64 Å². The zero-order chi connectivity index (χ0) is 12.1. The molecule has 1 fully saturated rings. The van der Waals surface area contributed by atoms with Crippen molar-refractivity contribution in [3.63, 3.8) is 0 Å². The summed E-state index contributed by atoms with van der Waals surface area (Å²) in [5, 5.41) is 0. The number of carbonyl (C=O) groups excluding carboxylic acids is 1. The minimum atomic E-state index is -0.168. The molecule has 0 bridgehead atoms. The van der Waals surface area contributed by atoms with E-state index in [-0.39, 0.29) is 18.2 Å². The predicted octanol–water partition coefficient (Wildman–Crippen LogP) is 1.95. The number of hydrogen-bond acceptors (Lipinski definition) is 3. The summed E-state index contributed by atoms with van der Waals surface area (Å²) in [4.78, 5) is 16.1. The fourth-order valence-corrected chi connectivity index (χ4v) is 2.49. The van der Waals surface area contributed by atoms with Crippen LogP contribution in [0.2, 0.25) is 0 Å². The highest BCUT2D eigenvalue weighted by atomic mass is 16.6. The Morgan fingerprint density at radius 3 is 2.25 bits per heavy atom. The maximum absolute atomic E-state index is 11.8. The summed E-state index contributed by atoms with van der Waals surface area (Å²) < 4.78 is 5.09. The molecule has 0 N–H and O–H groups in total. The molecule has 4 nitrogen and oxygen atoms in total. The Morgan fingerprint density at radius 1 is 1.25 bits per heavy atom. The minimum Gasteiger partial charge on any atom is -0.450 e. The number of nitrogens with zero attached hydrogens (tertiary/aromatic N) is 2. The van der Waals surface area contributed by atoms with Gasteiger partial charge >= 0.3 is 6.09 Å². The summed E-state index contributed by atoms with van der Waals surface area (Å²) in [7, 11) is 0. The summed E-state index contributed by atoms with van der Waals surface area (Å²) >= 11 is 0. The number of hydrogen-bond donors (Lipinski definition) is 0. The van der Waals surface area contributed by atoms with E-state index in [0.29, 0.717) is 6.61 Å². The molecule has 0 aliphatic carbocycles. The first kappa shape index (κ1) is 13.3. The van der Waals surface area contributed by atoms with Crippen LogP contribution in [-0.4, -0.2) is 54.2 Å². The lowest BCUT2D eigenvalue weighted by Gasteiger charge is -2.43. The summed E-state index contributed by atoms with van der Waals surface area (Å²) in [5.41, 5.74) is 0. The van der Waals surface area contributed by atoms with Gasteiger partial charge in [-0.15, -0.1) is 0 Å². The average molecular weight is 228 g/mol. The monoisotopic (exact) mass is 228 g/mol. The second kappa shape index (κ2) is 6.09. The first-order valence-electron chi connectivity index (χ1n) is 6.27. The van der Waals surface area contributed by atoms with E-state index in [0.717, 1.165) is 19.6 Å². The van der Waals surface area contributed by atoms with Gasteiger partial charge in [0.05, 0.1) is 6.61 Å². The molecule has 0 radical (unpaired) electrons. The van der Waals surface area contributed by atoms with Gasteiger partial charge in [-0.25, -0.2) is 4.79 Å². The number of amides is 1. The van der Waals surface area contributed by atoms with Crippen LogP contribution < -0.4 is 0 Å². The van der Waals surface area contributed by atoms with Crippen molar-refractivity contribution in [2.45, 2.75) is 46.2 Å². The van der Waals surface area contributed by atoms with Gasteiger partial charge in [-0.3, -0.25) is 4.90 Å². The molecule has 1 heterocycles. The number of carbonyl (C=O) groups is 1. The van der Waals surface area contributed by atoms with E-state index in [1.54, 1.807) is 0 Å². The molecule has 2 atom stereocenters. The van der Waals surface area contributed by atoms with Crippen molar-refractivity contribution < 1.29 is 9.53 Å². The predicted molar refractivity (Wildman–Crippen MR) is 64.5 cm³/mol. The van der Waals surface area contributed by atoms with E-state index in [2.05, 4.69) is 25.7 Å². The molecule has 0 spiro atoms. The summed E-state index contributed by atoms with van der Waals surface area (Å²) in [6.45, 7) is 11.7. The van der Waals surface area contributed by atoms with Crippen molar-refractivity contribution in [3.05, 3.63) is 0 Å². The van der Waals surface area contributed by atoms with E-state index < -0.39 is 0 Å². The molecule has 0 aromatic rings. The molecular weight excluding hydrogens is 204 g/mol. The molecular formula is C12H24N2O2. The third-order valence-electron chi connectivity index (χ3n) is 3.01. The van der Waals surface area contributed by atoms with Crippen LogP contribution in [-0.2, 0) is 4.74 Å². The van der Waals surface area contributed by atoms with Crippen LogP contribution in [0.15, 0.2) is 0 Å². The highest BCUT2D eigenvalue weighted by Gasteiger charge is 2.33. The van der Waals surface area contributed by atoms with Gasteiger partial charge in [0.1, 0.15) is 0 Å². The van der Waals surface area contributed by atoms with Crippen molar-refractivity contribution in [2.24, 2.45) is 0 Å². The Hall–Kier alpha value is -0.770. The standard InChI is InChI=1S/C12H24N2O2/c1-5-7-13-8-10(3)14(11(4)9-13)12(15)16-6-2/h10-11H,5-9H2,1-4H3/t10-,11+. The SMILES string of the molecule is CCCN1C[C@@H](C)N(C(=O)OCC)[C@@H](C)C1. The molecule has 94 valence electrons. The van der Waals surface area contributed by atoms with Crippen molar-refractivity contribution in [1.82, 2.24) is 9.80 Å². The summed E-state index contributed by atoms with van der Waals surface area (Å²) in [6.07, 6.45) is 0.998. The number of piperazine rings is 1. The van der Waals surface area contributed by atoms with E-state index in [1.165, 1.54) is 6.42 Å². The van der Waals surface area contributed by atoms with Crippen molar-refractivity contribution >= 4 is 6.09 Å². The topological polar surface area (TPSA) is 32.8 Å². The van der Waals surface area contributed by atoms with Gasteiger partial charge in [0.25, 0.3) is 0 Å².